The number of benzene rings is 3. The number of anilines is 3. The Balaban J connectivity index is 1.65. The van der Waals surface area contributed by atoms with Crippen molar-refractivity contribution in [3.05, 3.63) is 94.4 Å². The molecule has 1 atom stereocenters. The van der Waals surface area contributed by atoms with Crippen molar-refractivity contribution in [2.75, 3.05) is 28.9 Å². The van der Waals surface area contributed by atoms with Gasteiger partial charge >= 0.3 is 0 Å². The molecule has 5 rings (SSSR count). The highest BCUT2D eigenvalue weighted by atomic mass is 79.9. The second kappa shape index (κ2) is 7.04. The number of methoxy groups -OCH3 is 1. The van der Waals surface area contributed by atoms with E-state index in [1.807, 2.05) is 60.7 Å². The fraction of sp³-hybridized carbons (Fsp3) is 0.130. The van der Waals surface area contributed by atoms with Gasteiger partial charge in [-0.1, -0.05) is 40.2 Å². The van der Waals surface area contributed by atoms with Crippen molar-refractivity contribution in [2.45, 2.75) is 6.04 Å². The maximum atomic E-state index is 11.4. The van der Waals surface area contributed by atoms with Crippen LogP contribution >= 0.6 is 15.9 Å². The molecule has 0 spiro atoms. The number of ether oxygens (including phenoxy) is 1. The SMILES string of the molecule is COc1ccc(N2CN3C(=C(O)[C@H]2c2cccc(Br)c2)Nc2ccccc23)cc1. The van der Waals surface area contributed by atoms with Gasteiger partial charge in [-0.25, -0.2) is 0 Å². The molecule has 2 aliphatic rings. The molecule has 5 nitrogen and oxygen atoms in total. The molecule has 0 amide bonds. The number of rotatable bonds is 3. The van der Waals surface area contributed by atoms with Crippen LogP contribution in [-0.4, -0.2) is 18.9 Å². The van der Waals surface area contributed by atoms with Gasteiger partial charge in [0.05, 0.1) is 25.2 Å². The van der Waals surface area contributed by atoms with Crippen LogP contribution in [-0.2, 0) is 0 Å². The average molecular weight is 450 g/mol. The topological polar surface area (TPSA) is 48.0 Å². The maximum absolute atomic E-state index is 11.4. The smallest absolute Gasteiger partial charge is 0.160 e. The number of aliphatic hydroxyl groups is 1. The Morgan fingerprint density at radius 3 is 2.59 bits per heavy atom. The van der Waals surface area contributed by atoms with Gasteiger partial charge in [-0.15, -0.1) is 0 Å². The first-order valence-electron chi connectivity index (χ1n) is 9.38. The van der Waals surface area contributed by atoms with Crippen LogP contribution in [0, 0.1) is 0 Å². The molecule has 2 heterocycles. The molecule has 29 heavy (non-hydrogen) atoms. The molecule has 0 unspecified atom stereocenters. The molecule has 2 N–H and O–H groups in total. The van der Waals surface area contributed by atoms with E-state index >= 15 is 0 Å². The molecule has 0 saturated heterocycles. The van der Waals surface area contributed by atoms with Gasteiger partial charge < -0.3 is 25.0 Å². The van der Waals surface area contributed by atoms with Crippen molar-refractivity contribution < 1.29 is 9.84 Å². The molecule has 6 heteroatoms. The number of hydrogen-bond acceptors (Lipinski definition) is 5. The van der Waals surface area contributed by atoms with Crippen molar-refractivity contribution in [2.24, 2.45) is 0 Å². The lowest BCUT2D eigenvalue weighted by molar-refractivity contribution is 0.342. The van der Waals surface area contributed by atoms with Crippen LogP contribution in [0.1, 0.15) is 11.6 Å². The van der Waals surface area contributed by atoms with E-state index in [-0.39, 0.29) is 6.04 Å². The summed E-state index contributed by atoms with van der Waals surface area (Å²) in [5.74, 6) is 1.83. The Labute approximate surface area is 178 Å². The minimum atomic E-state index is -0.311. The van der Waals surface area contributed by atoms with Crippen LogP contribution in [0.4, 0.5) is 17.1 Å². The van der Waals surface area contributed by atoms with Crippen molar-refractivity contribution in [3.63, 3.8) is 0 Å². The molecule has 3 aromatic carbocycles. The molecule has 0 bridgehead atoms. The number of nitrogens with zero attached hydrogens (tertiary/aromatic N) is 2. The summed E-state index contributed by atoms with van der Waals surface area (Å²) in [5, 5.41) is 14.8. The van der Waals surface area contributed by atoms with Crippen LogP contribution in [0.2, 0.25) is 0 Å². The van der Waals surface area contributed by atoms with Gasteiger partial charge in [0, 0.05) is 10.2 Å². The summed E-state index contributed by atoms with van der Waals surface area (Å²) in [6.07, 6.45) is 0. The monoisotopic (exact) mass is 449 g/mol. The first-order valence-corrected chi connectivity index (χ1v) is 10.2. The quantitative estimate of drug-likeness (QED) is 0.541. The minimum absolute atomic E-state index is 0.293. The van der Waals surface area contributed by atoms with Crippen molar-refractivity contribution in [1.29, 1.82) is 0 Å². The summed E-state index contributed by atoms with van der Waals surface area (Å²) in [7, 11) is 1.66. The first-order chi connectivity index (χ1) is 14.2. The van der Waals surface area contributed by atoms with Gasteiger partial charge in [0.1, 0.15) is 11.8 Å². The zero-order valence-corrected chi connectivity index (χ0v) is 17.4. The molecule has 0 radical (unpaired) electrons. The van der Waals surface area contributed by atoms with E-state index in [4.69, 9.17) is 4.74 Å². The average Bonchev–Trinajstić information content (AvgIpc) is 3.13. The third-order valence-electron chi connectivity index (χ3n) is 5.39. The lowest BCUT2D eigenvalue weighted by atomic mass is 10.0. The summed E-state index contributed by atoms with van der Waals surface area (Å²) in [5.41, 5.74) is 4.07. The highest BCUT2D eigenvalue weighted by Gasteiger charge is 2.39. The molecule has 0 fully saturated rings. The van der Waals surface area contributed by atoms with E-state index in [2.05, 4.69) is 43.2 Å². The van der Waals surface area contributed by atoms with Gasteiger partial charge in [-0.2, -0.15) is 0 Å². The highest BCUT2D eigenvalue weighted by molar-refractivity contribution is 9.10. The summed E-state index contributed by atoms with van der Waals surface area (Å²) in [4.78, 5) is 4.31. The second-order valence-electron chi connectivity index (χ2n) is 7.07. The number of fused-ring (bicyclic) bond motifs is 3. The van der Waals surface area contributed by atoms with Gasteiger partial charge in [0.2, 0.25) is 0 Å². The summed E-state index contributed by atoms with van der Waals surface area (Å²) < 4.78 is 6.30. The maximum Gasteiger partial charge on any atom is 0.160 e. The largest absolute Gasteiger partial charge is 0.506 e. The molecule has 0 aliphatic carbocycles. The predicted octanol–water partition coefficient (Wildman–Crippen LogP) is 5.64. The molecular formula is C23H20BrN3O2. The molecule has 0 aromatic heterocycles. The normalized spacial score (nSPS) is 17.7. The Bertz CT molecular complexity index is 1100. The van der Waals surface area contributed by atoms with Gasteiger partial charge in [-0.3, -0.25) is 0 Å². The molecule has 3 aromatic rings. The summed E-state index contributed by atoms with van der Waals surface area (Å²) in [6.45, 7) is 0.604. The number of aliphatic hydroxyl groups excluding tert-OH is 1. The zero-order valence-electron chi connectivity index (χ0n) is 15.8. The number of para-hydroxylation sites is 2. The number of halogens is 1. The summed E-state index contributed by atoms with van der Waals surface area (Å²) >= 11 is 3.56. The van der Waals surface area contributed by atoms with Crippen molar-refractivity contribution >= 4 is 33.0 Å². The van der Waals surface area contributed by atoms with Gasteiger partial charge in [0.15, 0.2) is 11.6 Å². The Morgan fingerprint density at radius 1 is 1.03 bits per heavy atom. The molecule has 0 saturated carbocycles. The van der Waals surface area contributed by atoms with Crippen LogP contribution in [0.5, 0.6) is 5.75 Å². The molecule has 146 valence electrons. The number of hydrogen-bond donors (Lipinski definition) is 2. The summed E-state index contributed by atoms with van der Waals surface area (Å²) in [6, 6.07) is 23.8. The Kier molecular flexibility index (Phi) is 4.36. The molecular weight excluding hydrogens is 430 g/mol. The lowest BCUT2D eigenvalue weighted by Gasteiger charge is -2.42. The Hall–Kier alpha value is -3.12. The molecule has 2 aliphatic heterocycles. The second-order valence-corrected chi connectivity index (χ2v) is 7.99. The predicted molar refractivity (Wildman–Crippen MR) is 119 cm³/mol. The van der Waals surface area contributed by atoms with E-state index in [1.165, 1.54) is 0 Å². The lowest BCUT2D eigenvalue weighted by Crippen LogP contribution is -2.45. The van der Waals surface area contributed by atoms with Gasteiger partial charge in [-0.05, 0) is 54.1 Å². The fourth-order valence-corrected chi connectivity index (χ4v) is 4.43. The van der Waals surface area contributed by atoms with E-state index in [0.29, 0.717) is 12.4 Å². The van der Waals surface area contributed by atoms with Crippen LogP contribution in [0.25, 0.3) is 0 Å². The van der Waals surface area contributed by atoms with Gasteiger partial charge in [0.25, 0.3) is 0 Å². The third kappa shape index (κ3) is 3.00. The number of nitrogens with one attached hydrogen (secondary N) is 1. The zero-order chi connectivity index (χ0) is 20.0. The standard InChI is InChI=1S/C23H20BrN3O2/c1-29-18-11-9-17(10-12-18)26-14-27-20-8-3-2-7-19(20)25-23(27)22(28)21(26)15-5-4-6-16(24)13-15/h2-13,21,25,28H,14H2,1H3/t21-/m1/s1. The highest BCUT2D eigenvalue weighted by Crippen LogP contribution is 2.45. The van der Waals surface area contributed by atoms with Crippen LogP contribution in [0.3, 0.4) is 0 Å². The first kappa shape index (κ1) is 17.9. The Morgan fingerprint density at radius 2 is 1.83 bits per heavy atom. The van der Waals surface area contributed by atoms with E-state index in [9.17, 15) is 5.11 Å². The van der Waals surface area contributed by atoms with Crippen molar-refractivity contribution in [3.8, 4) is 5.75 Å². The minimum Gasteiger partial charge on any atom is -0.506 e. The van der Waals surface area contributed by atoms with Crippen LogP contribution < -0.4 is 19.9 Å². The van der Waals surface area contributed by atoms with E-state index < -0.39 is 0 Å². The van der Waals surface area contributed by atoms with Crippen LogP contribution in [0.15, 0.2) is 88.8 Å². The third-order valence-corrected chi connectivity index (χ3v) is 5.89. The van der Waals surface area contributed by atoms with E-state index in [0.717, 1.165) is 38.7 Å². The van der Waals surface area contributed by atoms with Crippen molar-refractivity contribution in [1.82, 2.24) is 0 Å². The fourth-order valence-electron chi connectivity index (χ4n) is 4.01. The van der Waals surface area contributed by atoms with E-state index in [1.54, 1.807) is 7.11 Å².